The van der Waals surface area contributed by atoms with E-state index in [4.69, 9.17) is 4.99 Å². The number of allylic oxidation sites excluding steroid dienone is 1. The minimum absolute atomic E-state index is 0.172. The van der Waals surface area contributed by atoms with Crippen LogP contribution >= 0.6 is 23.1 Å². The predicted octanol–water partition coefficient (Wildman–Crippen LogP) is 5.81. The van der Waals surface area contributed by atoms with Gasteiger partial charge in [0.25, 0.3) is 0 Å². The van der Waals surface area contributed by atoms with Gasteiger partial charge in [-0.1, -0.05) is 18.2 Å². The Balaban J connectivity index is 1.95. The number of para-hydroxylation sites is 1. The number of aliphatic imine (C=N–C) groups is 1. The molecule has 3 rings (SSSR count). The molecule has 0 bridgehead atoms. The third kappa shape index (κ3) is 3.22. The van der Waals surface area contributed by atoms with E-state index in [0.717, 1.165) is 17.8 Å². The van der Waals surface area contributed by atoms with Gasteiger partial charge in [-0.25, -0.2) is 0 Å². The highest BCUT2D eigenvalue weighted by Gasteiger charge is 2.25. The highest BCUT2D eigenvalue weighted by atomic mass is 32.2. The van der Waals surface area contributed by atoms with E-state index in [-0.39, 0.29) is 4.75 Å². The number of benzene rings is 1. The summed E-state index contributed by atoms with van der Waals surface area (Å²) in [5.41, 5.74) is 2.25. The van der Waals surface area contributed by atoms with Gasteiger partial charge >= 0.3 is 0 Å². The number of hydrogen-bond acceptors (Lipinski definition) is 3. The number of thioether (sulfide) groups is 1. The fourth-order valence-electron chi connectivity index (χ4n) is 2.26. The summed E-state index contributed by atoms with van der Waals surface area (Å²) in [5, 5.41) is 2.10. The largest absolute Gasteiger partial charge is 0.252 e. The van der Waals surface area contributed by atoms with E-state index in [1.54, 1.807) is 11.3 Å². The van der Waals surface area contributed by atoms with Gasteiger partial charge in [-0.3, -0.25) is 4.99 Å². The molecule has 0 spiro atoms. The predicted molar refractivity (Wildman–Crippen MR) is 91.4 cm³/mol. The molecule has 1 aromatic carbocycles. The van der Waals surface area contributed by atoms with Crippen molar-refractivity contribution in [1.29, 1.82) is 0 Å². The number of nitrogens with zero attached hydrogens (tertiary/aromatic N) is 1. The Bertz CT molecular complexity index is 651. The van der Waals surface area contributed by atoms with Crippen molar-refractivity contribution in [2.45, 2.75) is 29.9 Å². The highest BCUT2D eigenvalue weighted by Crippen LogP contribution is 2.43. The van der Waals surface area contributed by atoms with Crippen LogP contribution in [0.4, 0.5) is 5.69 Å². The second-order valence-corrected chi connectivity index (χ2v) is 8.19. The van der Waals surface area contributed by atoms with Crippen molar-refractivity contribution < 1.29 is 0 Å². The molecular formula is C17H17NS2. The lowest BCUT2D eigenvalue weighted by Crippen LogP contribution is -2.17. The van der Waals surface area contributed by atoms with Crippen molar-refractivity contribution >= 4 is 40.6 Å². The zero-order valence-electron chi connectivity index (χ0n) is 11.7. The lowest BCUT2D eigenvalue weighted by atomic mass is 10.0. The Hall–Kier alpha value is -1.32. The third-order valence-corrected chi connectivity index (χ3v) is 5.21. The Morgan fingerprint density at radius 1 is 1.10 bits per heavy atom. The van der Waals surface area contributed by atoms with E-state index in [0.29, 0.717) is 0 Å². The Labute approximate surface area is 128 Å². The highest BCUT2D eigenvalue weighted by molar-refractivity contribution is 8.00. The SMILES string of the molecule is CC1(C)CC(/C=C/c2cccs2)=Nc2ccccc2S1. The molecule has 1 aliphatic heterocycles. The van der Waals surface area contributed by atoms with Crippen LogP contribution in [0, 0.1) is 0 Å². The van der Waals surface area contributed by atoms with Crippen LogP contribution in [-0.4, -0.2) is 10.5 Å². The second kappa shape index (κ2) is 5.58. The summed E-state index contributed by atoms with van der Waals surface area (Å²) in [5.74, 6) is 0. The average molecular weight is 299 g/mol. The molecule has 0 saturated heterocycles. The smallest absolute Gasteiger partial charge is 0.0768 e. The molecule has 0 fully saturated rings. The van der Waals surface area contributed by atoms with E-state index in [1.165, 1.54) is 9.77 Å². The molecule has 0 amide bonds. The number of fused-ring (bicyclic) bond motifs is 1. The zero-order valence-corrected chi connectivity index (χ0v) is 13.3. The van der Waals surface area contributed by atoms with Crippen LogP contribution in [0.1, 0.15) is 25.1 Å². The van der Waals surface area contributed by atoms with Crippen molar-refractivity contribution in [3.63, 3.8) is 0 Å². The normalized spacial score (nSPS) is 17.6. The molecular weight excluding hydrogens is 282 g/mol. The van der Waals surface area contributed by atoms with Crippen LogP contribution in [0.5, 0.6) is 0 Å². The fraction of sp³-hybridized carbons (Fsp3) is 0.235. The van der Waals surface area contributed by atoms with Crippen molar-refractivity contribution in [1.82, 2.24) is 0 Å². The Kier molecular flexibility index (Phi) is 3.81. The van der Waals surface area contributed by atoms with Crippen molar-refractivity contribution in [2.24, 2.45) is 4.99 Å². The maximum Gasteiger partial charge on any atom is 0.0768 e. The maximum absolute atomic E-state index is 4.85. The molecule has 102 valence electrons. The Morgan fingerprint density at radius 2 is 1.95 bits per heavy atom. The number of thiophene rings is 1. The summed E-state index contributed by atoms with van der Waals surface area (Å²) < 4.78 is 0.172. The average Bonchev–Trinajstić information content (AvgIpc) is 2.86. The maximum atomic E-state index is 4.85. The molecule has 0 aliphatic carbocycles. The summed E-state index contributed by atoms with van der Waals surface area (Å²) in [6.45, 7) is 4.57. The first-order chi connectivity index (χ1) is 9.62. The van der Waals surface area contributed by atoms with Gasteiger partial charge in [-0.2, -0.15) is 0 Å². The molecule has 2 heterocycles. The first-order valence-corrected chi connectivity index (χ1v) is 8.39. The van der Waals surface area contributed by atoms with E-state index < -0.39 is 0 Å². The van der Waals surface area contributed by atoms with Crippen molar-refractivity contribution in [2.75, 3.05) is 0 Å². The topological polar surface area (TPSA) is 12.4 Å². The summed E-state index contributed by atoms with van der Waals surface area (Å²) in [7, 11) is 0. The second-order valence-electron chi connectivity index (χ2n) is 5.46. The lowest BCUT2D eigenvalue weighted by Gasteiger charge is -2.21. The summed E-state index contributed by atoms with van der Waals surface area (Å²) in [6, 6.07) is 12.6. The molecule has 3 heteroatoms. The molecule has 0 saturated carbocycles. The Morgan fingerprint density at radius 3 is 2.75 bits per heavy atom. The quantitative estimate of drug-likeness (QED) is 0.681. The van der Waals surface area contributed by atoms with Gasteiger partial charge in [0.05, 0.1) is 5.69 Å². The van der Waals surface area contributed by atoms with Crippen LogP contribution in [-0.2, 0) is 0 Å². The van der Waals surface area contributed by atoms with Gasteiger partial charge in [0.2, 0.25) is 0 Å². The van der Waals surface area contributed by atoms with Crippen LogP contribution in [0.15, 0.2) is 57.7 Å². The summed E-state index contributed by atoms with van der Waals surface area (Å²) in [6.07, 6.45) is 5.31. The minimum Gasteiger partial charge on any atom is -0.252 e. The zero-order chi connectivity index (χ0) is 14.0. The summed E-state index contributed by atoms with van der Waals surface area (Å²) in [4.78, 5) is 7.40. The first-order valence-electron chi connectivity index (χ1n) is 6.70. The van der Waals surface area contributed by atoms with Crippen LogP contribution in [0.3, 0.4) is 0 Å². The van der Waals surface area contributed by atoms with Crippen LogP contribution < -0.4 is 0 Å². The van der Waals surface area contributed by atoms with E-state index in [2.05, 4.69) is 67.8 Å². The van der Waals surface area contributed by atoms with Gasteiger partial charge in [0.1, 0.15) is 0 Å². The third-order valence-electron chi connectivity index (χ3n) is 3.11. The molecule has 20 heavy (non-hydrogen) atoms. The van der Waals surface area contributed by atoms with E-state index in [1.807, 2.05) is 11.8 Å². The van der Waals surface area contributed by atoms with Gasteiger partial charge in [-0.15, -0.1) is 23.1 Å². The molecule has 0 unspecified atom stereocenters. The van der Waals surface area contributed by atoms with Crippen molar-refractivity contribution in [3.05, 3.63) is 52.7 Å². The lowest BCUT2D eigenvalue weighted by molar-refractivity contribution is 0.752. The monoisotopic (exact) mass is 299 g/mol. The standard InChI is InChI=1S/C17H17NS2/c1-17(2)12-13(9-10-14-6-5-11-19-14)18-15-7-3-4-8-16(15)20-17/h3-11H,12H2,1-2H3/b10-9+. The van der Waals surface area contributed by atoms with E-state index >= 15 is 0 Å². The van der Waals surface area contributed by atoms with Crippen LogP contribution in [0.2, 0.25) is 0 Å². The molecule has 0 N–H and O–H groups in total. The van der Waals surface area contributed by atoms with Gasteiger partial charge in [-0.05, 0) is 49.6 Å². The van der Waals surface area contributed by atoms with Crippen molar-refractivity contribution in [3.8, 4) is 0 Å². The molecule has 1 aliphatic rings. The summed E-state index contributed by atoms with van der Waals surface area (Å²) >= 11 is 3.67. The fourth-order valence-corrected chi connectivity index (χ4v) is 4.06. The molecule has 2 aromatic rings. The molecule has 0 atom stereocenters. The number of hydrogen-bond donors (Lipinski definition) is 0. The van der Waals surface area contributed by atoms with E-state index in [9.17, 15) is 0 Å². The van der Waals surface area contributed by atoms with Gasteiger partial charge < -0.3 is 0 Å². The molecule has 0 radical (unpaired) electrons. The first kappa shape index (κ1) is 13.7. The van der Waals surface area contributed by atoms with Gasteiger partial charge in [0, 0.05) is 26.7 Å². The minimum atomic E-state index is 0.172. The van der Waals surface area contributed by atoms with Gasteiger partial charge in [0.15, 0.2) is 0 Å². The molecule has 1 aromatic heterocycles. The molecule has 1 nitrogen and oxygen atoms in total. The van der Waals surface area contributed by atoms with Crippen LogP contribution in [0.25, 0.3) is 6.08 Å². The number of rotatable bonds is 2.